The van der Waals surface area contributed by atoms with Crippen molar-refractivity contribution in [3.05, 3.63) is 35.4 Å². The normalized spacial score (nSPS) is 14.6. The zero-order chi connectivity index (χ0) is 13.7. The number of hydrogen-bond acceptors (Lipinski definition) is 4. The van der Waals surface area contributed by atoms with Crippen molar-refractivity contribution in [3.63, 3.8) is 0 Å². The van der Waals surface area contributed by atoms with Gasteiger partial charge < -0.3 is 15.5 Å². The topological polar surface area (TPSA) is 69.6 Å². The molecule has 0 radical (unpaired) electrons. The third-order valence-corrected chi connectivity index (χ3v) is 2.84. The van der Waals surface area contributed by atoms with Gasteiger partial charge in [0.2, 0.25) is 0 Å². The van der Waals surface area contributed by atoms with Crippen LogP contribution in [0.4, 0.5) is 0 Å². The van der Waals surface area contributed by atoms with E-state index in [0.717, 1.165) is 0 Å². The summed E-state index contributed by atoms with van der Waals surface area (Å²) in [5.74, 6) is 0.0301. The summed E-state index contributed by atoms with van der Waals surface area (Å²) in [5.41, 5.74) is 1.24. The third kappa shape index (κ3) is 3.63. The maximum atomic E-state index is 11.7. The summed E-state index contributed by atoms with van der Waals surface area (Å²) in [4.78, 5) is 11.7. The molecule has 0 spiro atoms. The molecule has 0 heterocycles. The number of Topliss-reactive ketones (excluding diaryl/α,β-unsaturated/α-hetero) is 1. The van der Waals surface area contributed by atoms with E-state index in [4.69, 9.17) is 0 Å². The number of nitrogens with one attached hydrogen (secondary N) is 1. The molecule has 0 bridgehead atoms. The third-order valence-electron chi connectivity index (χ3n) is 2.84. The molecule has 0 saturated carbocycles. The van der Waals surface area contributed by atoms with Crippen LogP contribution >= 0.6 is 0 Å². The summed E-state index contributed by atoms with van der Waals surface area (Å²) in [7, 11) is 1.71. The fraction of sp³-hybridized carbons (Fsp3) is 0.500. The first kappa shape index (κ1) is 14.8. The fourth-order valence-electron chi connectivity index (χ4n) is 1.72. The molecule has 2 atom stereocenters. The number of aliphatic hydroxyl groups is 2. The van der Waals surface area contributed by atoms with Gasteiger partial charge in [0.25, 0.3) is 0 Å². The van der Waals surface area contributed by atoms with Crippen molar-refractivity contribution in [2.75, 3.05) is 13.6 Å². The highest BCUT2D eigenvalue weighted by atomic mass is 16.3. The highest BCUT2D eigenvalue weighted by molar-refractivity contribution is 5.97. The van der Waals surface area contributed by atoms with Crippen molar-refractivity contribution in [1.29, 1.82) is 0 Å². The lowest BCUT2D eigenvalue weighted by atomic mass is 9.97. The number of carbonyl (C=O) groups is 1. The standard InChI is InChI=1S/C14H21NO3/c1-9(2)13(17)10-4-6-11(7-5-10)14(18)12(16)8-15-3/h4-7,9,12,14-16,18H,8H2,1-3H3. The van der Waals surface area contributed by atoms with Crippen LogP contribution in [0.5, 0.6) is 0 Å². The minimum atomic E-state index is -0.944. The summed E-state index contributed by atoms with van der Waals surface area (Å²) >= 11 is 0. The van der Waals surface area contributed by atoms with E-state index >= 15 is 0 Å². The van der Waals surface area contributed by atoms with Crippen LogP contribution in [0.15, 0.2) is 24.3 Å². The van der Waals surface area contributed by atoms with Crippen molar-refractivity contribution < 1.29 is 15.0 Å². The number of carbonyl (C=O) groups excluding carboxylic acids is 1. The van der Waals surface area contributed by atoms with Gasteiger partial charge in [0.05, 0.1) is 6.10 Å². The van der Waals surface area contributed by atoms with E-state index < -0.39 is 12.2 Å². The molecule has 4 heteroatoms. The molecule has 1 aromatic carbocycles. The van der Waals surface area contributed by atoms with Crippen molar-refractivity contribution in [2.45, 2.75) is 26.1 Å². The minimum Gasteiger partial charge on any atom is -0.389 e. The van der Waals surface area contributed by atoms with Crippen LogP contribution in [0.25, 0.3) is 0 Å². The van der Waals surface area contributed by atoms with Crippen LogP contribution in [0, 0.1) is 5.92 Å². The highest BCUT2D eigenvalue weighted by Crippen LogP contribution is 2.18. The molecule has 0 aliphatic carbocycles. The first-order valence-electron chi connectivity index (χ1n) is 6.12. The van der Waals surface area contributed by atoms with E-state index in [9.17, 15) is 15.0 Å². The summed E-state index contributed by atoms with van der Waals surface area (Å²) in [6.07, 6.45) is -1.80. The second-order valence-electron chi connectivity index (χ2n) is 4.71. The van der Waals surface area contributed by atoms with Crippen molar-refractivity contribution in [1.82, 2.24) is 5.32 Å². The average Bonchev–Trinajstić information content (AvgIpc) is 2.37. The Balaban J connectivity index is 2.79. The molecule has 4 nitrogen and oxygen atoms in total. The second kappa shape index (κ2) is 6.64. The van der Waals surface area contributed by atoms with Gasteiger partial charge >= 0.3 is 0 Å². The molecule has 0 aliphatic rings. The smallest absolute Gasteiger partial charge is 0.165 e. The van der Waals surface area contributed by atoms with Crippen molar-refractivity contribution in [2.24, 2.45) is 5.92 Å². The SMILES string of the molecule is CNCC(O)C(O)c1ccc(C(=O)C(C)C)cc1. The summed E-state index contributed by atoms with van der Waals surface area (Å²) < 4.78 is 0. The van der Waals surface area contributed by atoms with Gasteiger partial charge in [-0.1, -0.05) is 38.1 Å². The lowest BCUT2D eigenvalue weighted by molar-refractivity contribution is 0.0202. The van der Waals surface area contributed by atoms with Gasteiger partial charge in [-0.25, -0.2) is 0 Å². The van der Waals surface area contributed by atoms with Crippen LogP contribution in [0.2, 0.25) is 0 Å². The fourth-order valence-corrected chi connectivity index (χ4v) is 1.72. The van der Waals surface area contributed by atoms with Crippen LogP contribution in [0.1, 0.15) is 35.9 Å². The van der Waals surface area contributed by atoms with Crippen LogP contribution in [-0.2, 0) is 0 Å². The summed E-state index contributed by atoms with van der Waals surface area (Å²) in [6, 6.07) is 6.73. The van der Waals surface area contributed by atoms with E-state index in [-0.39, 0.29) is 11.7 Å². The molecule has 100 valence electrons. The predicted molar refractivity (Wildman–Crippen MR) is 70.5 cm³/mol. The number of rotatable bonds is 6. The monoisotopic (exact) mass is 251 g/mol. The number of ketones is 1. The van der Waals surface area contributed by atoms with Gasteiger partial charge in [-0.15, -0.1) is 0 Å². The van der Waals surface area contributed by atoms with Crippen LogP contribution < -0.4 is 5.32 Å². The maximum Gasteiger partial charge on any atom is 0.165 e. The summed E-state index contributed by atoms with van der Waals surface area (Å²) in [6.45, 7) is 4.01. The molecule has 3 N–H and O–H groups in total. The lowest BCUT2D eigenvalue weighted by Crippen LogP contribution is -2.29. The Hall–Kier alpha value is -1.23. The molecular weight excluding hydrogens is 230 g/mol. The van der Waals surface area contributed by atoms with Gasteiger partial charge in [0, 0.05) is 18.0 Å². The zero-order valence-electron chi connectivity index (χ0n) is 11.1. The molecule has 18 heavy (non-hydrogen) atoms. The Morgan fingerprint density at radius 1 is 1.22 bits per heavy atom. The van der Waals surface area contributed by atoms with Gasteiger partial charge in [-0.05, 0) is 12.6 Å². The minimum absolute atomic E-state index is 0.0457. The number of hydrogen-bond donors (Lipinski definition) is 3. The number of likely N-dealkylation sites (N-methyl/N-ethyl adjacent to an activating group) is 1. The van der Waals surface area contributed by atoms with Gasteiger partial charge in [0.1, 0.15) is 6.10 Å². The Morgan fingerprint density at radius 3 is 2.22 bits per heavy atom. The van der Waals surface area contributed by atoms with Gasteiger partial charge in [-0.3, -0.25) is 4.79 Å². The van der Waals surface area contributed by atoms with Gasteiger partial charge in [-0.2, -0.15) is 0 Å². The molecule has 0 aliphatic heterocycles. The molecule has 0 fully saturated rings. The molecule has 0 saturated heterocycles. The first-order valence-corrected chi connectivity index (χ1v) is 6.12. The zero-order valence-corrected chi connectivity index (χ0v) is 11.1. The van der Waals surface area contributed by atoms with Crippen LogP contribution in [-0.4, -0.2) is 35.7 Å². The molecule has 2 unspecified atom stereocenters. The Morgan fingerprint density at radius 2 is 1.78 bits per heavy atom. The quantitative estimate of drug-likeness (QED) is 0.663. The first-order chi connectivity index (χ1) is 8.47. The number of aliphatic hydroxyl groups excluding tert-OH is 2. The Bertz CT molecular complexity index is 387. The van der Waals surface area contributed by atoms with Gasteiger partial charge in [0.15, 0.2) is 5.78 Å². The molecule has 1 rings (SSSR count). The van der Waals surface area contributed by atoms with Crippen molar-refractivity contribution >= 4 is 5.78 Å². The molecule has 1 aromatic rings. The summed E-state index contributed by atoms with van der Waals surface area (Å²) in [5, 5.41) is 22.3. The van der Waals surface area contributed by atoms with E-state index in [1.54, 1.807) is 31.3 Å². The average molecular weight is 251 g/mol. The number of benzene rings is 1. The predicted octanol–water partition coefficient (Wildman–Crippen LogP) is 1.14. The van der Waals surface area contributed by atoms with Crippen molar-refractivity contribution in [3.8, 4) is 0 Å². The van der Waals surface area contributed by atoms with E-state index in [2.05, 4.69) is 5.32 Å². The second-order valence-corrected chi connectivity index (χ2v) is 4.71. The van der Waals surface area contributed by atoms with Crippen LogP contribution in [0.3, 0.4) is 0 Å². The maximum absolute atomic E-state index is 11.7. The molecule has 0 aromatic heterocycles. The Kier molecular flexibility index (Phi) is 5.47. The van der Waals surface area contributed by atoms with E-state index in [1.165, 1.54) is 0 Å². The Labute approximate surface area is 108 Å². The lowest BCUT2D eigenvalue weighted by Gasteiger charge is -2.18. The van der Waals surface area contributed by atoms with E-state index in [0.29, 0.717) is 17.7 Å². The largest absolute Gasteiger partial charge is 0.389 e. The molecule has 0 amide bonds. The highest BCUT2D eigenvalue weighted by Gasteiger charge is 2.18. The van der Waals surface area contributed by atoms with E-state index in [1.807, 2.05) is 13.8 Å². The molecular formula is C14H21NO3.